The van der Waals surface area contributed by atoms with E-state index in [0.29, 0.717) is 0 Å². The van der Waals surface area contributed by atoms with Gasteiger partial charge in [0.2, 0.25) is 0 Å². The summed E-state index contributed by atoms with van der Waals surface area (Å²) in [6.07, 6.45) is 6.40. The fourth-order valence-corrected chi connectivity index (χ4v) is 4.88. The van der Waals surface area contributed by atoms with E-state index in [4.69, 9.17) is 9.84 Å². The van der Waals surface area contributed by atoms with Gasteiger partial charge in [-0.1, -0.05) is 34.5 Å². The molecular formula is C21H20BrFN2O. The first kappa shape index (κ1) is 16.3. The van der Waals surface area contributed by atoms with Crippen molar-refractivity contribution in [2.45, 2.75) is 50.3 Å². The van der Waals surface area contributed by atoms with Crippen molar-refractivity contribution in [3.05, 3.63) is 63.9 Å². The molecule has 1 saturated carbocycles. The highest BCUT2D eigenvalue weighted by atomic mass is 79.9. The molecule has 5 rings (SSSR count). The number of rotatable bonds is 1. The van der Waals surface area contributed by atoms with E-state index in [1.54, 1.807) is 0 Å². The molecular weight excluding hydrogens is 395 g/mol. The fourth-order valence-electron chi connectivity index (χ4n) is 4.50. The molecule has 0 N–H and O–H groups in total. The monoisotopic (exact) mass is 414 g/mol. The number of hydrazone groups is 1. The van der Waals surface area contributed by atoms with Crippen molar-refractivity contribution in [2.24, 2.45) is 5.10 Å². The smallest absolute Gasteiger partial charge is 0.198 e. The molecule has 0 radical (unpaired) electrons. The van der Waals surface area contributed by atoms with Gasteiger partial charge in [0, 0.05) is 29.3 Å². The summed E-state index contributed by atoms with van der Waals surface area (Å²) in [4.78, 5) is 0. The van der Waals surface area contributed by atoms with E-state index in [0.717, 1.165) is 53.6 Å². The van der Waals surface area contributed by atoms with Gasteiger partial charge in [0.15, 0.2) is 5.72 Å². The van der Waals surface area contributed by atoms with Crippen molar-refractivity contribution < 1.29 is 9.13 Å². The summed E-state index contributed by atoms with van der Waals surface area (Å²) in [5.74, 6) is 0.762. The van der Waals surface area contributed by atoms with E-state index in [1.807, 2.05) is 18.2 Å². The van der Waals surface area contributed by atoms with Crippen LogP contribution < -0.4 is 4.74 Å². The molecule has 26 heavy (non-hydrogen) atoms. The zero-order valence-electron chi connectivity index (χ0n) is 14.4. The number of benzene rings is 2. The van der Waals surface area contributed by atoms with E-state index in [-0.39, 0.29) is 17.6 Å². The van der Waals surface area contributed by atoms with Gasteiger partial charge in [-0.15, -0.1) is 0 Å². The molecule has 1 fully saturated rings. The van der Waals surface area contributed by atoms with Gasteiger partial charge < -0.3 is 4.74 Å². The Labute approximate surface area is 161 Å². The van der Waals surface area contributed by atoms with Crippen LogP contribution in [0.25, 0.3) is 0 Å². The molecule has 1 aliphatic carbocycles. The van der Waals surface area contributed by atoms with Crippen LogP contribution in [0.5, 0.6) is 5.75 Å². The molecule has 3 aliphatic rings. The Kier molecular flexibility index (Phi) is 3.82. The van der Waals surface area contributed by atoms with Crippen molar-refractivity contribution in [1.82, 2.24) is 5.01 Å². The highest BCUT2D eigenvalue weighted by Gasteiger charge is 2.50. The third-order valence-electron chi connectivity index (χ3n) is 5.77. The molecule has 0 amide bonds. The molecule has 1 atom stereocenters. The molecule has 2 heterocycles. The number of halogens is 2. The van der Waals surface area contributed by atoms with Crippen LogP contribution in [0, 0.1) is 5.82 Å². The van der Waals surface area contributed by atoms with Crippen LogP contribution in [-0.2, 0) is 0 Å². The highest BCUT2D eigenvalue weighted by Crippen LogP contribution is 2.51. The maximum atomic E-state index is 13.3. The Morgan fingerprint density at radius 2 is 1.85 bits per heavy atom. The number of nitrogens with zero attached hydrogens (tertiary/aromatic N) is 2. The quantitative estimate of drug-likeness (QED) is 0.589. The van der Waals surface area contributed by atoms with Crippen molar-refractivity contribution in [2.75, 3.05) is 0 Å². The molecule has 2 aliphatic heterocycles. The van der Waals surface area contributed by atoms with Crippen LogP contribution in [0.3, 0.4) is 0 Å². The van der Waals surface area contributed by atoms with Crippen LogP contribution in [0.1, 0.15) is 55.7 Å². The molecule has 0 saturated heterocycles. The second kappa shape index (κ2) is 6.08. The van der Waals surface area contributed by atoms with Gasteiger partial charge in [-0.05, 0) is 48.7 Å². The summed E-state index contributed by atoms with van der Waals surface area (Å²) in [5, 5.41) is 7.21. The Hall–Kier alpha value is -1.88. The van der Waals surface area contributed by atoms with Crippen LogP contribution in [0.4, 0.5) is 4.39 Å². The van der Waals surface area contributed by atoms with E-state index >= 15 is 0 Å². The molecule has 134 valence electrons. The predicted molar refractivity (Wildman–Crippen MR) is 103 cm³/mol. The van der Waals surface area contributed by atoms with E-state index < -0.39 is 0 Å². The first-order chi connectivity index (χ1) is 12.6. The molecule has 0 bridgehead atoms. The topological polar surface area (TPSA) is 24.8 Å². The average Bonchev–Trinajstić information content (AvgIpc) is 3.11. The zero-order chi connectivity index (χ0) is 17.7. The standard InChI is InChI=1S/C21H20BrFN2O/c22-15-6-9-20-17(12-15)19-13-18(14-4-7-16(23)8-5-14)24-25(19)21(26-20)10-2-1-3-11-21/h4-9,12,19H,1-3,10-11,13H2/t19-/m0/s1. The molecule has 2 aromatic carbocycles. The van der Waals surface area contributed by atoms with Crippen LogP contribution >= 0.6 is 15.9 Å². The second-order valence-corrected chi connectivity index (χ2v) is 8.32. The minimum Gasteiger partial charge on any atom is -0.466 e. The lowest BCUT2D eigenvalue weighted by atomic mass is 9.86. The lowest BCUT2D eigenvalue weighted by molar-refractivity contribution is -0.140. The predicted octanol–water partition coefficient (Wildman–Crippen LogP) is 5.79. The number of hydrogen-bond acceptors (Lipinski definition) is 3. The zero-order valence-corrected chi connectivity index (χ0v) is 16.0. The maximum Gasteiger partial charge on any atom is 0.198 e. The van der Waals surface area contributed by atoms with Gasteiger partial charge in [-0.2, -0.15) is 5.10 Å². The fraction of sp³-hybridized carbons (Fsp3) is 0.381. The normalized spacial score (nSPS) is 23.2. The summed E-state index contributed by atoms with van der Waals surface area (Å²) in [7, 11) is 0. The van der Waals surface area contributed by atoms with Crippen molar-refractivity contribution in [3.8, 4) is 5.75 Å². The van der Waals surface area contributed by atoms with Gasteiger partial charge in [0.1, 0.15) is 11.6 Å². The maximum absolute atomic E-state index is 13.3. The van der Waals surface area contributed by atoms with Crippen LogP contribution in [0.15, 0.2) is 52.0 Å². The lowest BCUT2D eigenvalue weighted by Crippen LogP contribution is -2.54. The molecule has 1 spiro atoms. The third-order valence-corrected chi connectivity index (χ3v) is 6.26. The van der Waals surface area contributed by atoms with Crippen molar-refractivity contribution >= 4 is 21.6 Å². The largest absolute Gasteiger partial charge is 0.466 e. The van der Waals surface area contributed by atoms with E-state index in [9.17, 15) is 4.39 Å². The van der Waals surface area contributed by atoms with Gasteiger partial charge in [0.25, 0.3) is 0 Å². The van der Waals surface area contributed by atoms with Gasteiger partial charge in [0.05, 0.1) is 11.8 Å². The highest BCUT2D eigenvalue weighted by molar-refractivity contribution is 9.10. The molecule has 0 aromatic heterocycles. The summed E-state index contributed by atoms with van der Waals surface area (Å²) < 4.78 is 20.9. The van der Waals surface area contributed by atoms with Gasteiger partial charge >= 0.3 is 0 Å². The Morgan fingerprint density at radius 3 is 2.62 bits per heavy atom. The molecule has 3 nitrogen and oxygen atoms in total. The van der Waals surface area contributed by atoms with Gasteiger partial charge in [-0.3, -0.25) is 0 Å². The SMILES string of the molecule is Fc1ccc(C2=NN3[C@@H](C2)c2cc(Br)ccc2OC32CCCCC2)cc1. The number of hydrogen-bond donors (Lipinski definition) is 0. The summed E-state index contributed by atoms with van der Waals surface area (Å²) in [6.45, 7) is 0. The first-order valence-corrected chi connectivity index (χ1v) is 10.1. The summed E-state index contributed by atoms with van der Waals surface area (Å²) >= 11 is 3.59. The molecule has 2 aromatic rings. The summed E-state index contributed by atoms with van der Waals surface area (Å²) in [5.41, 5.74) is 2.84. The number of fused-ring (bicyclic) bond motifs is 4. The average molecular weight is 415 g/mol. The number of ether oxygens (including phenoxy) is 1. The first-order valence-electron chi connectivity index (χ1n) is 9.26. The van der Waals surface area contributed by atoms with E-state index in [1.165, 1.54) is 24.1 Å². The van der Waals surface area contributed by atoms with Crippen LogP contribution in [-0.4, -0.2) is 16.4 Å². The minimum absolute atomic E-state index is 0.175. The van der Waals surface area contributed by atoms with Crippen LogP contribution in [0.2, 0.25) is 0 Å². The Morgan fingerprint density at radius 1 is 1.08 bits per heavy atom. The Bertz CT molecular complexity index is 874. The van der Waals surface area contributed by atoms with Crippen molar-refractivity contribution in [1.29, 1.82) is 0 Å². The minimum atomic E-state index is -0.342. The van der Waals surface area contributed by atoms with Gasteiger partial charge in [-0.25, -0.2) is 9.40 Å². The van der Waals surface area contributed by atoms with E-state index in [2.05, 4.69) is 33.1 Å². The second-order valence-electron chi connectivity index (χ2n) is 7.41. The van der Waals surface area contributed by atoms with Crippen molar-refractivity contribution in [3.63, 3.8) is 0 Å². The molecule has 0 unspecified atom stereocenters. The molecule has 5 heteroatoms. The third kappa shape index (κ3) is 2.56. The lowest BCUT2D eigenvalue weighted by Gasteiger charge is -2.49. The summed E-state index contributed by atoms with van der Waals surface area (Å²) in [6, 6.07) is 13.1. The Balaban J connectivity index is 1.60.